The minimum Gasteiger partial charge on any atom is -0.396 e. The first kappa shape index (κ1) is 10.7. The zero-order valence-corrected chi connectivity index (χ0v) is 7.53. The molecule has 0 atom stereocenters. The van der Waals surface area contributed by atoms with Crippen LogP contribution in [0.1, 0.15) is 22.3 Å². The van der Waals surface area contributed by atoms with Gasteiger partial charge < -0.3 is 10.8 Å². The first-order valence-corrected chi connectivity index (χ1v) is 4.18. The lowest BCUT2D eigenvalue weighted by molar-refractivity contribution is 0.0996. The average molecular weight is 196 g/mol. The van der Waals surface area contributed by atoms with Crippen LogP contribution in [0.4, 0.5) is 4.39 Å². The Bertz CT molecular complexity index is 339. The zero-order valence-electron chi connectivity index (χ0n) is 7.53. The predicted octanol–water partition coefficient (Wildman–Crippen LogP) is 0.859. The summed E-state index contributed by atoms with van der Waals surface area (Å²) >= 11 is 0. The zero-order chi connectivity index (χ0) is 10.6. The van der Waals surface area contributed by atoms with Crippen molar-refractivity contribution in [2.75, 3.05) is 6.61 Å². The van der Waals surface area contributed by atoms with E-state index in [2.05, 4.69) is 0 Å². The maximum Gasteiger partial charge on any atom is 0.251 e. The van der Waals surface area contributed by atoms with Crippen molar-refractivity contribution in [3.63, 3.8) is 0 Å². The summed E-state index contributed by atoms with van der Waals surface area (Å²) in [4.78, 5) is 10.8. The molecule has 0 aromatic heterocycles. The minimum absolute atomic E-state index is 0.0171. The second-order valence-corrected chi connectivity index (χ2v) is 2.82. The molecule has 1 aromatic carbocycles. The molecule has 3 N–H and O–H groups in total. The van der Waals surface area contributed by atoms with Gasteiger partial charge in [-0.25, -0.2) is 4.39 Å². The highest BCUT2D eigenvalue weighted by Crippen LogP contribution is 2.12. The number of carbonyl (C=O) groups excluding carboxylic acids is 1. The molecular formula is C10H11FNO2. The van der Waals surface area contributed by atoms with E-state index in [0.717, 1.165) is 0 Å². The van der Waals surface area contributed by atoms with Crippen molar-refractivity contribution in [2.24, 2.45) is 5.73 Å². The molecule has 1 radical (unpaired) electrons. The van der Waals surface area contributed by atoms with Gasteiger partial charge in [0.1, 0.15) is 5.82 Å². The Labute approximate surface area is 81.4 Å². The van der Waals surface area contributed by atoms with E-state index >= 15 is 0 Å². The third-order valence-electron chi connectivity index (χ3n) is 1.77. The van der Waals surface area contributed by atoms with Crippen LogP contribution in [-0.2, 0) is 0 Å². The van der Waals surface area contributed by atoms with Gasteiger partial charge in [-0.1, -0.05) is 6.07 Å². The lowest BCUT2D eigenvalue weighted by Gasteiger charge is -2.02. The fraction of sp³-hybridized carbons (Fsp3) is 0.200. The molecule has 14 heavy (non-hydrogen) atoms. The Balaban J connectivity index is 2.89. The molecule has 75 valence electrons. The highest BCUT2D eigenvalue weighted by atomic mass is 19.1. The number of aliphatic hydroxyl groups is 1. The van der Waals surface area contributed by atoms with Crippen molar-refractivity contribution in [1.82, 2.24) is 0 Å². The third-order valence-corrected chi connectivity index (χ3v) is 1.77. The molecule has 1 rings (SSSR count). The van der Waals surface area contributed by atoms with Crippen LogP contribution >= 0.6 is 0 Å². The molecule has 1 aromatic rings. The molecule has 0 unspecified atom stereocenters. The number of amides is 1. The van der Waals surface area contributed by atoms with Gasteiger partial charge in [-0.3, -0.25) is 4.79 Å². The van der Waals surface area contributed by atoms with Crippen molar-refractivity contribution in [3.8, 4) is 0 Å². The highest BCUT2D eigenvalue weighted by Gasteiger charge is 2.08. The first-order chi connectivity index (χ1) is 6.65. The lowest BCUT2D eigenvalue weighted by atomic mass is 10.1. The summed E-state index contributed by atoms with van der Waals surface area (Å²) in [5, 5.41) is 8.56. The van der Waals surface area contributed by atoms with E-state index in [0.29, 0.717) is 12.0 Å². The standard InChI is InChI=1S/C10H11FNO2/c11-9-4-3-7(2-1-5-13)6-8(9)10(12)14/h2-4,6,13H,1,5H2,(H2,12,14). The van der Waals surface area contributed by atoms with Crippen molar-refractivity contribution < 1.29 is 14.3 Å². The van der Waals surface area contributed by atoms with E-state index in [9.17, 15) is 9.18 Å². The van der Waals surface area contributed by atoms with Gasteiger partial charge in [0.2, 0.25) is 0 Å². The van der Waals surface area contributed by atoms with E-state index in [1.165, 1.54) is 18.2 Å². The third kappa shape index (κ3) is 2.53. The molecule has 3 nitrogen and oxygen atoms in total. The maximum absolute atomic E-state index is 13.0. The van der Waals surface area contributed by atoms with E-state index in [1.54, 1.807) is 6.42 Å². The Morgan fingerprint density at radius 2 is 2.29 bits per heavy atom. The van der Waals surface area contributed by atoms with Gasteiger partial charge in [-0.2, -0.15) is 0 Å². The number of primary amides is 1. The van der Waals surface area contributed by atoms with Crippen molar-refractivity contribution in [1.29, 1.82) is 0 Å². The van der Waals surface area contributed by atoms with Crippen LogP contribution in [0, 0.1) is 12.2 Å². The van der Waals surface area contributed by atoms with Crippen LogP contribution in [-0.4, -0.2) is 17.6 Å². The van der Waals surface area contributed by atoms with Crippen molar-refractivity contribution >= 4 is 5.91 Å². The number of halogens is 1. The number of benzene rings is 1. The number of rotatable bonds is 4. The molecule has 0 bridgehead atoms. The van der Waals surface area contributed by atoms with Crippen LogP contribution in [0.5, 0.6) is 0 Å². The SMILES string of the molecule is NC(=O)c1cc([CH]CCO)ccc1F. The normalized spacial score (nSPS) is 10.1. The second-order valence-electron chi connectivity index (χ2n) is 2.82. The summed E-state index contributed by atoms with van der Waals surface area (Å²) in [6.07, 6.45) is 2.16. The molecular weight excluding hydrogens is 185 g/mol. The summed E-state index contributed by atoms with van der Waals surface area (Å²) in [7, 11) is 0. The van der Waals surface area contributed by atoms with Crippen LogP contribution in [0.2, 0.25) is 0 Å². The maximum atomic E-state index is 13.0. The van der Waals surface area contributed by atoms with Crippen molar-refractivity contribution in [3.05, 3.63) is 41.6 Å². The highest BCUT2D eigenvalue weighted by molar-refractivity contribution is 5.93. The molecule has 0 aliphatic heterocycles. The Morgan fingerprint density at radius 1 is 1.57 bits per heavy atom. The number of aliphatic hydroxyl groups excluding tert-OH is 1. The number of nitrogens with two attached hydrogens (primary N) is 1. The largest absolute Gasteiger partial charge is 0.396 e. The number of carbonyl (C=O) groups is 1. The fourth-order valence-corrected chi connectivity index (χ4v) is 1.09. The fourth-order valence-electron chi connectivity index (χ4n) is 1.09. The summed E-state index contributed by atoms with van der Waals surface area (Å²) in [5.74, 6) is -1.42. The topological polar surface area (TPSA) is 63.3 Å². The minimum atomic E-state index is -0.790. The summed E-state index contributed by atoms with van der Waals surface area (Å²) in [6, 6.07) is 4.08. The molecule has 1 amide bonds. The van der Waals surface area contributed by atoms with Gasteiger partial charge in [0, 0.05) is 6.61 Å². The molecule has 0 heterocycles. The van der Waals surface area contributed by atoms with Crippen LogP contribution in [0.3, 0.4) is 0 Å². The van der Waals surface area contributed by atoms with E-state index < -0.39 is 11.7 Å². The van der Waals surface area contributed by atoms with E-state index in [-0.39, 0.29) is 12.2 Å². The van der Waals surface area contributed by atoms with Gasteiger partial charge in [-0.05, 0) is 30.5 Å². The summed E-state index contributed by atoms with van der Waals surface area (Å²) in [5.41, 5.74) is 5.52. The Kier molecular flexibility index (Phi) is 3.59. The summed E-state index contributed by atoms with van der Waals surface area (Å²) in [6.45, 7) is 0.0171. The van der Waals surface area contributed by atoms with Gasteiger partial charge in [0.25, 0.3) is 5.91 Å². The second kappa shape index (κ2) is 4.72. The average Bonchev–Trinajstić information content (AvgIpc) is 2.16. The molecule has 0 aliphatic rings. The Hall–Kier alpha value is -1.42. The first-order valence-electron chi connectivity index (χ1n) is 4.18. The van der Waals surface area contributed by atoms with E-state index in [1.807, 2.05) is 0 Å². The molecule has 0 fully saturated rings. The molecule has 0 saturated carbocycles. The smallest absolute Gasteiger partial charge is 0.251 e. The predicted molar refractivity (Wildman–Crippen MR) is 50.0 cm³/mol. The van der Waals surface area contributed by atoms with Gasteiger partial charge in [0.15, 0.2) is 0 Å². The molecule has 0 spiro atoms. The lowest BCUT2D eigenvalue weighted by Crippen LogP contribution is -2.13. The van der Waals surface area contributed by atoms with Crippen molar-refractivity contribution in [2.45, 2.75) is 6.42 Å². The van der Waals surface area contributed by atoms with Crippen LogP contribution in [0.15, 0.2) is 18.2 Å². The van der Waals surface area contributed by atoms with Gasteiger partial charge >= 0.3 is 0 Å². The monoisotopic (exact) mass is 196 g/mol. The quantitative estimate of drug-likeness (QED) is 0.750. The molecule has 0 saturated heterocycles. The van der Waals surface area contributed by atoms with Crippen LogP contribution in [0.25, 0.3) is 0 Å². The van der Waals surface area contributed by atoms with Gasteiger partial charge in [0.05, 0.1) is 5.56 Å². The van der Waals surface area contributed by atoms with E-state index in [4.69, 9.17) is 10.8 Å². The molecule has 4 heteroatoms. The van der Waals surface area contributed by atoms with Gasteiger partial charge in [-0.15, -0.1) is 0 Å². The van der Waals surface area contributed by atoms with Crippen LogP contribution < -0.4 is 5.73 Å². The number of hydrogen-bond donors (Lipinski definition) is 2. The summed E-state index contributed by atoms with van der Waals surface area (Å²) < 4.78 is 13.0. The number of hydrogen-bond acceptors (Lipinski definition) is 2. The molecule has 0 aliphatic carbocycles. The Morgan fingerprint density at radius 3 is 2.86 bits per heavy atom.